The van der Waals surface area contributed by atoms with Gasteiger partial charge in [-0.25, -0.2) is 4.98 Å². The van der Waals surface area contributed by atoms with Crippen molar-refractivity contribution in [2.75, 3.05) is 63.1 Å². The molecule has 3 saturated heterocycles. The number of piperidine rings is 2. The van der Waals surface area contributed by atoms with Crippen LogP contribution in [0.3, 0.4) is 0 Å². The van der Waals surface area contributed by atoms with E-state index in [1.807, 2.05) is 4.90 Å². The number of hydrogen-bond acceptors (Lipinski definition) is 7. The van der Waals surface area contributed by atoms with Crippen LogP contribution in [0.2, 0.25) is 0 Å². The number of anilines is 2. The number of aromatic nitrogens is 2. The molecule has 0 bridgehead atoms. The topological polar surface area (TPSA) is 87.8 Å². The van der Waals surface area contributed by atoms with Crippen molar-refractivity contribution in [2.45, 2.75) is 31.7 Å². The Kier molecular flexibility index (Phi) is 5.73. The Morgan fingerprint density at radius 1 is 1.11 bits per heavy atom. The molecule has 8 nitrogen and oxygen atoms in total. The maximum atomic E-state index is 12.9. The summed E-state index contributed by atoms with van der Waals surface area (Å²) in [4.78, 5) is 28.3. The maximum Gasteiger partial charge on any atom is 0.227 e. The van der Waals surface area contributed by atoms with Crippen molar-refractivity contribution in [2.24, 2.45) is 5.92 Å². The van der Waals surface area contributed by atoms with Crippen molar-refractivity contribution in [3.8, 4) is 0 Å². The second kappa shape index (κ2) is 8.39. The largest absolute Gasteiger partial charge is 0.384 e. The van der Waals surface area contributed by atoms with E-state index in [0.29, 0.717) is 31.0 Å². The van der Waals surface area contributed by atoms with E-state index in [1.54, 1.807) is 12.3 Å². The number of ether oxygens (including phenoxy) is 1. The van der Waals surface area contributed by atoms with Gasteiger partial charge in [-0.1, -0.05) is 0 Å². The van der Waals surface area contributed by atoms with E-state index in [9.17, 15) is 4.79 Å². The average Bonchev–Trinajstić information content (AvgIpc) is 2.74. The zero-order valence-electron chi connectivity index (χ0n) is 15.9. The Balaban J connectivity index is 1.31. The standard InChI is InChI=1S/C19H30N6O2/c20-17-3-6-21-19(22-17)24-8-4-16(5-9-24)25-7-1-2-15(14-25)18(26)23-10-12-27-13-11-23/h3,6,15-16H,1-2,4-5,7-14H2,(H2,20,21,22). The lowest BCUT2D eigenvalue weighted by atomic mass is 9.92. The minimum Gasteiger partial charge on any atom is -0.384 e. The first kappa shape index (κ1) is 18.4. The molecule has 148 valence electrons. The number of nitrogen functional groups attached to an aromatic ring is 1. The van der Waals surface area contributed by atoms with E-state index in [1.165, 1.54) is 0 Å². The Labute approximate surface area is 160 Å². The van der Waals surface area contributed by atoms with Gasteiger partial charge in [0.25, 0.3) is 0 Å². The molecule has 3 fully saturated rings. The van der Waals surface area contributed by atoms with Crippen LogP contribution in [0.5, 0.6) is 0 Å². The van der Waals surface area contributed by atoms with Crippen molar-refractivity contribution in [1.29, 1.82) is 0 Å². The van der Waals surface area contributed by atoms with Gasteiger partial charge in [-0.05, 0) is 38.3 Å². The summed E-state index contributed by atoms with van der Waals surface area (Å²) in [7, 11) is 0. The summed E-state index contributed by atoms with van der Waals surface area (Å²) in [5.41, 5.74) is 5.78. The predicted octanol–water partition coefficient (Wildman–Crippen LogP) is 0.598. The van der Waals surface area contributed by atoms with Gasteiger partial charge in [0.05, 0.1) is 19.1 Å². The van der Waals surface area contributed by atoms with Crippen molar-refractivity contribution in [1.82, 2.24) is 19.8 Å². The summed E-state index contributed by atoms with van der Waals surface area (Å²) in [6, 6.07) is 2.26. The van der Waals surface area contributed by atoms with Crippen LogP contribution in [0.15, 0.2) is 12.3 Å². The Morgan fingerprint density at radius 3 is 2.63 bits per heavy atom. The third kappa shape index (κ3) is 4.32. The summed E-state index contributed by atoms with van der Waals surface area (Å²) in [6.45, 7) is 6.71. The molecule has 0 aromatic carbocycles. The zero-order valence-corrected chi connectivity index (χ0v) is 15.9. The molecule has 4 rings (SSSR count). The summed E-state index contributed by atoms with van der Waals surface area (Å²) >= 11 is 0. The number of morpholine rings is 1. The normalized spacial score (nSPS) is 25.6. The summed E-state index contributed by atoms with van der Waals surface area (Å²) < 4.78 is 5.38. The van der Waals surface area contributed by atoms with E-state index < -0.39 is 0 Å². The molecule has 1 amide bonds. The molecule has 1 aromatic rings. The molecule has 0 aliphatic carbocycles. The molecule has 0 spiro atoms. The second-order valence-corrected chi connectivity index (χ2v) is 7.77. The highest BCUT2D eigenvalue weighted by Gasteiger charge is 2.34. The van der Waals surface area contributed by atoms with Crippen LogP contribution in [-0.2, 0) is 9.53 Å². The van der Waals surface area contributed by atoms with Crippen molar-refractivity contribution >= 4 is 17.7 Å². The van der Waals surface area contributed by atoms with Gasteiger partial charge in [-0.15, -0.1) is 0 Å². The molecule has 1 atom stereocenters. The molecule has 0 saturated carbocycles. The van der Waals surface area contributed by atoms with E-state index in [0.717, 1.165) is 70.9 Å². The van der Waals surface area contributed by atoms with Gasteiger partial charge in [-0.2, -0.15) is 4.98 Å². The molecule has 27 heavy (non-hydrogen) atoms. The Hall–Kier alpha value is -1.93. The number of nitrogens with two attached hydrogens (primary N) is 1. The van der Waals surface area contributed by atoms with E-state index in [2.05, 4.69) is 19.8 Å². The fourth-order valence-electron chi connectivity index (χ4n) is 4.53. The minimum absolute atomic E-state index is 0.145. The quantitative estimate of drug-likeness (QED) is 0.829. The number of carbonyl (C=O) groups is 1. The first-order valence-electron chi connectivity index (χ1n) is 10.1. The molecule has 4 heterocycles. The third-order valence-corrected chi connectivity index (χ3v) is 6.05. The number of nitrogens with zero attached hydrogens (tertiary/aromatic N) is 5. The number of carbonyl (C=O) groups excluding carboxylic acids is 1. The number of rotatable bonds is 3. The summed E-state index contributed by atoms with van der Waals surface area (Å²) in [6.07, 6.45) is 6.01. The average molecular weight is 374 g/mol. The van der Waals surface area contributed by atoms with E-state index in [4.69, 9.17) is 10.5 Å². The third-order valence-electron chi connectivity index (χ3n) is 6.05. The SMILES string of the molecule is Nc1ccnc(N2CCC(N3CCCC(C(=O)N4CCOCC4)C3)CC2)n1. The Bertz CT molecular complexity index is 643. The number of hydrogen-bond donors (Lipinski definition) is 1. The molecular formula is C19H30N6O2. The second-order valence-electron chi connectivity index (χ2n) is 7.77. The number of amides is 1. The smallest absolute Gasteiger partial charge is 0.227 e. The van der Waals surface area contributed by atoms with Crippen LogP contribution in [0.4, 0.5) is 11.8 Å². The van der Waals surface area contributed by atoms with Gasteiger partial charge in [0.2, 0.25) is 11.9 Å². The molecule has 3 aliphatic rings. The van der Waals surface area contributed by atoms with Gasteiger partial charge in [-0.3, -0.25) is 9.69 Å². The fourth-order valence-corrected chi connectivity index (χ4v) is 4.53. The van der Waals surface area contributed by atoms with Crippen LogP contribution in [-0.4, -0.2) is 84.2 Å². The highest BCUT2D eigenvalue weighted by Crippen LogP contribution is 2.26. The zero-order chi connectivity index (χ0) is 18.6. The molecule has 3 aliphatic heterocycles. The molecule has 1 aromatic heterocycles. The van der Waals surface area contributed by atoms with E-state index >= 15 is 0 Å². The lowest BCUT2D eigenvalue weighted by Crippen LogP contribution is -2.52. The van der Waals surface area contributed by atoms with Gasteiger partial charge < -0.3 is 20.3 Å². The van der Waals surface area contributed by atoms with Gasteiger partial charge in [0.15, 0.2) is 0 Å². The van der Waals surface area contributed by atoms with Crippen LogP contribution < -0.4 is 10.6 Å². The number of likely N-dealkylation sites (tertiary alicyclic amines) is 1. The lowest BCUT2D eigenvalue weighted by Gasteiger charge is -2.43. The highest BCUT2D eigenvalue weighted by molar-refractivity contribution is 5.79. The van der Waals surface area contributed by atoms with Crippen molar-refractivity contribution < 1.29 is 9.53 Å². The van der Waals surface area contributed by atoms with Crippen molar-refractivity contribution in [3.05, 3.63) is 12.3 Å². The predicted molar refractivity (Wildman–Crippen MR) is 103 cm³/mol. The van der Waals surface area contributed by atoms with Crippen LogP contribution >= 0.6 is 0 Å². The summed E-state index contributed by atoms with van der Waals surface area (Å²) in [5.74, 6) is 1.72. The monoisotopic (exact) mass is 374 g/mol. The minimum atomic E-state index is 0.145. The first-order chi connectivity index (χ1) is 13.2. The van der Waals surface area contributed by atoms with Crippen LogP contribution in [0, 0.1) is 5.92 Å². The molecule has 1 unspecified atom stereocenters. The van der Waals surface area contributed by atoms with Crippen molar-refractivity contribution in [3.63, 3.8) is 0 Å². The lowest BCUT2D eigenvalue weighted by molar-refractivity contribution is -0.141. The van der Waals surface area contributed by atoms with Crippen LogP contribution in [0.25, 0.3) is 0 Å². The molecule has 2 N–H and O–H groups in total. The molecular weight excluding hydrogens is 344 g/mol. The highest BCUT2D eigenvalue weighted by atomic mass is 16.5. The van der Waals surface area contributed by atoms with Gasteiger partial charge >= 0.3 is 0 Å². The Morgan fingerprint density at radius 2 is 1.89 bits per heavy atom. The van der Waals surface area contributed by atoms with Crippen LogP contribution in [0.1, 0.15) is 25.7 Å². The van der Waals surface area contributed by atoms with Gasteiger partial charge in [0.1, 0.15) is 5.82 Å². The first-order valence-corrected chi connectivity index (χ1v) is 10.1. The van der Waals surface area contributed by atoms with Gasteiger partial charge in [0, 0.05) is 45.0 Å². The fraction of sp³-hybridized carbons (Fsp3) is 0.737. The molecule has 8 heteroatoms. The van der Waals surface area contributed by atoms with E-state index in [-0.39, 0.29) is 5.92 Å². The summed E-state index contributed by atoms with van der Waals surface area (Å²) in [5, 5.41) is 0. The molecule has 0 radical (unpaired) electrons. The maximum absolute atomic E-state index is 12.9.